The summed E-state index contributed by atoms with van der Waals surface area (Å²) in [6, 6.07) is -0.258. The number of carboxylic acids is 1. The van der Waals surface area contributed by atoms with Crippen LogP contribution in [0.5, 0.6) is 0 Å². The lowest BCUT2D eigenvalue weighted by atomic mass is 10.0. The van der Waals surface area contributed by atoms with Gasteiger partial charge in [0.05, 0.1) is 12.5 Å². The van der Waals surface area contributed by atoms with Gasteiger partial charge in [-0.05, 0) is 27.8 Å². The van der Waals surface area contributed by atoms with E-state index in [9.17, 15) is 9.59 Å². The number of aliphatic carboxylic acids is 1. The van der Waals surface area contributed by atoms with Crippen LogP contribution in [-0.4, -0.2) is 58.5 Å². The van der Waals surface area contributed by atoms with Crippen LogP contribution < -0.4 is 0 Å². The zero-order valence-electron chi connectivity index (χ0n) is 10.3. The van der Waals surface area contributed by atoms with Crippen LogP contribution in [0.15, 0.2) is 0 Å². The van der Waals surface area contributed by atoms with Crippen LogP contribution in [0.2, 0.25) is 0 Å². The molecule has 5 heteroatoms. The van der Waals surface area contributed by atoms with Crippen molar-refractivity contribution in [2.45, 2.75) is 45.3 Å². The van der Waals surface area contributed by atoms with E-state index in [1.165, 1.54) is 0 Å². The van der Waals surface area contributed by atoms with Gasteiger partial charge in [0, 0.05) is 18.6 Å². The van der Waals surface area contributed by atoms with Gasteiger partial charge < -0.3 is 10.0 Å². The number of carboxylic acid groups (broad SMARTS) is 1. The number of hydrogen-bond donors (Lipinski definition) is 1. The zero-order chi connectivity index (χ0) is 12.5. The first-order chi connectivity index (χ1) is 7.34. The smallest absolute Gasteiger partial charge is 0.305 e. The van der Waals surface area contributed by atoms with E-state index in [2.05, 4.69) is 0 Å². The molecular formula is C11H20N2O3. The van der Waals surface area contributed by atoms with Gasteiger partial charge in [0.1, 0.15) is 0 Å². The van der Waals surface area contributed by atoms with Gasteiger partial charge in [-0.2, -0.15) is 0 Å². The van der Waals surface area contributed by atoms with E-state index < -0.39 is 12.0 Å². The zero-order valence-corrected chi connectivity index (χ0v) is 10.3. The summed E-state index contributed by atoms with van der Waals surface area (Å²) in [5.74, 6) is -0.998. The first kappa shape index (κ1) is 13.0. The molecular weight excluding hydrogens is 208 g/mol. The minimum Gasteiger partial charge on any atom is -0.481 e. The molecule has 0 spiro atoms. The fraction of sp³-hybridized carbons (Fsp3) is 0.818. The summed E-state index contributed by atoms with van der Waals surface area (Å²) in [4.78, 5) is 26.5. The Balaban J connectivity index is 2.85. The fourth-order valence-corrected chi connectivity index (χ4v) is 2.38. The molecule has 2 unspecified atom stereocenters. The lowest BCUT2D eigenvalue weighted by Gasteiger charge is -2.44. The highest BCUT2D eigenvalue weighted by atomic mass is 16.4. The van der Waals surface area contributed by atoms with Crippen LogP contribution in [0.25, 0.3) is 0 Å². The van der Waals surface area contributed by atoms with E-state index in [1.54, 1.807) is 11.9 Å². The van der Waals surface area contributed by atoms with Crippen LogP contribution in [0, 0.1) is 0 Å². The highest BCUT2D eigenvalue weighted by Gasteiger charge is 2.38. The minimum absolute atomic E-state index is 0.0707. The van der Waals surface area contributed by atoms with Gasteiger partial charge in [0.15, 0.2) is 0 Å². The van der Waals surface area contributed by atoms with Gasteiger partial charge >= 0.3 is 5.97 Å². The number of carbonyl (C=O) groups is 2. The number of hydrogen-bond acceptors (Lipinski definition) is 3. The molecule has 16 heavy (non-hydrogen) atoms. The molecule has 1 rings (SSSR count). The van der Waals surface area contributed by atoms with Crippen molar-refractivity contribution in [3.63, 3.8) is 0 Å². The average Bonchev–Trinajstić information content (AvgIpc) is 2.10. The van der Waals surface area contributed by atoms with Gasteiger partial charge in [-0.25, -0.2) is 0 Å². The summed E-state index contributed by atoms with van der Waals surface area (Å²) in [6.07, 6.45) is -0.120. The molecule has 1 heterocycles. The molecule has 5 nitrogen and oxygen atoms in total. The maximum atomic E-state index is 12.1. The SMILES string of the molecule is CC(C)N1C(=O)C(CC(=O)O)N(C)CC1C. The van der Waals surface area contributed by atoms with Crippen LogP contribution in [0.3, 0.4) is 0 Å². The van der Waals surface area contributed by atoms with E-state index in [4.69, 9.17) is 5.11 Å². The van der Waals surface area contributed by atoms with Crippen molar-refractivity contribution in [3.8, 4) is 0 Å². The quantitative estimate of drug-likeness (QED) is 0.759. The molecule has 1 N–H and O–H groups in total. The molecule has 0 bridgehead atoms. The van der Waals surface area contributed by atoms with Crippen LogP contribution in [0.1, 0.15) is 27.2 Å². The Morgan fingerprint density at radius 1 is 1.56 bits per heavy atom. The van der Waals surface area contributed by atoms with Gasteiger partial charge in [-0.3, -0.25) is 14.5 Å². The predicted octanol–water partition coefficient (Wildman–Crippen LogP) is 0.401. The third kappa shape index (κ3) is 2.52. The second-order valence-electron chi connectivity index (χ2n) is 4.74. The molecule has 0 saturated carbocycles. The van der Waals surface area contributed by atoms with E-state index >= 15 is 0 Å². The Hall–Kier alpha value is -1.10. The molecule has 92 valence electrons. The summed E-state index contributed by atoms with van der Waals surface area (Å²) >= 11 is 0. The number of carbonyl (C=O) groups excluding carboxylic acids is 1. The molecule has 1 aliphatic rings. The molecule has 0 aromatic rings. The van der Waals surface area contributed by atoms with E-state index in [0.717, 1.165) is 6.54 Å². The Morgan fingerprint density at radius 2 is 2.12 bits per heavy atom. The van der Waals surface area contributed by atoms with Gasteiger partial charge in [0.2, 0.25) is 5.91 Å². The molecule has 0 aliphatic carbocycles. The van der Waals surface area contributed by atoms with E-state index in [-0.39, 0.29) is 24.4 Å². The molecule has 2 atom stereocenters. The lowest BCUT2D eigenvalue weighted by molar-refractivity contribution is -0.152. The van der Waals surface area contributed by atoms with Crippen molar-refractivity contribution in [1.82, 2.24) is 9.80 Å². The number of rotatable bonds is 3. The van der Waals surface area contributed by atoms with Crippen molar-refractivity contribution in [1.29, 1.82) is 0 Å². The largest absolute Gasteiger partial charge is 0.481 e. The molecule has 1 saturated heterocycles. The Bertz CT molecular complexity index is 291. The first-order valence-corrected chi connectivity index (χ1v) is 5.58. The standard InChI is InChI=1S/C11H20N2O3/c1-7(2)13-8(3)6-12(4)9(11(13)16)5-10(14)15/h7-9H,5-6H2,1-4H3,(H,14,15). The average molecular weight is 228 g/mol. The lowest BCUT2D eigenvalue weighted by Crippen LogP contribution is -2.61. The molecule has 1 aliphatic heterocycles. The first-order valence-electron chi connectivity index (χ1n) is 5.58. The topological polar surface area (TPSA) is 60.9 Å². The van der Waals surface area contributed by atoms with Crippen molar-refractivity contribution in [2.24, 2.45) is 0 Å². The summed E-state index contributed by atoms with van der Waals surface area (Å²) in [6.45, 7) is 6.63. The number of nitrogens with zero attached hydrogens (tertiary/aromatic N) is 2. The highest BCUT2D eigenvalue weighted by Crippen LogP contribution is 2.19. The number of piperazine rings is 1. The van der Waals surface area contributed by atoms with Crippen molar-refractivity contribution in [2.75, 3.05) is 13.6 Å². The van der Waals surface area contributed by atoms with Gasteiger partial charge in [-0.15, -0.1) is 0 Å². The summed E-state index contributed by atoms with van der Waals surface area (Å²) in [7, 11) is 1.81. The van der Waals surface area contributed by atoms with Crippen LogP contribution in [0.4, 0.5) is 0 Å². The van der Waals surface area contributed by atoms with Gasteiger partial charge in [-0.1, -0.05) is 0 Å². The maximum absolute atomic E-state index is 12.1. The normalized spacial score (nSPS) is 27.6. The molecule has 0 radical (unpaired) electrons. The highest BCUT2D eigenvalue weighted by molar-refractivity contribution is 5.87. The Kier molecular flexibility index (Phi) is 3.91. The molecule has 1 fully saturated rings. The molecule has 0 aromatic heterocycles. The third-order valence-corrected chi connectivity index (χ3v) is 3.02. The summed E-state index contributed by atoms with van der Waals surface area (Å²) in [5.41, 5.74) is 0. The van der Waals surface area contributed by atoms with Crippen LogP contribution >= 0.6 is 0 Å². The maximum Gasteiger partial charge on any atom is 0.305 e. The Morgan fingerprint density at radius 3 is 2.56 bits per heavy atom. The van der Waals surface area contributed by atoms with Crippen LogP contribution in [-0.2, 0) is 9.59 Å². The molecule has 1 amide bonds. The van der Waals surface area contributed by atoms with Crippen molar-refractivity contribution < 1.29 is 14.7 Å². The predicted molar refractivity (Wildman–Crippen MR) is 60.1 cm³/mol. The third-order valence-electron chi connectivity index (χ3n) is 3.02. The van der Waals surface area contributed by atoms with Gasteiger partial charge in [0.25, 0.3) is 0 Å². The Labute approximate surface area is 96.0 Å². The number of likely N-dealkylation sites (N-methyl/N-ethyl adjacent to an activating group) is 1. The number of amides is 1. The minimum atomic E-state index is -0.927. The second-order valence-corrected chi connectivity index (χ2v) is 4.74. The van der Waals surface area contributed by atoms with Crippen molar-refractivity contribution >= 4 is 11.9 Å². The van der Waals surface area contributed by atoms with E-state index in [0.29, 0.717) is 0 Å². The second kappa shape index (κ2) is 4.82. The molecule has 0 aromatic carbocycles. The summed E-state index contributed by atoms with van der Waals surface area (Å²) in [5, 5.41) is 8.79. The fourth-order valence-electron chi connectivity index (χ4n) is 2.38. The van der Waals surface area contributed by atoms with E-state index in [1.807, 2.05) is 25.7 Å². The summed E-state index contributed by atoms with van der Waals surface area (Å²) < 4.78 is 0. The monoisotopic (exact) mass is 228 g/mol. The van der Waals surface area contributed by atoms with Crippen molar-refractivity contribution in [3.05, 3.63) is 0 Å².